The standard InChI is InChI=1S/C35H44O13/c1-8-14(2)28(38)42-18-10-19-30(5,6)44-20-11-23(37)46-33(19,20)13-32(40)12-22(41-16(4)36)34-17(9-21-35(34,45-21)26(18)32)15(3)24(47-34)25-27-31(7,48-27)29(39)43-25/h8,15,17-22,24-27,40H,9-13H2,1-7H3. The number of cyclic esters (lactones) is 1. The van der Waals surface area contributed by atoms with Gasteiger partial charge in [0.25, 0.3) is 0 Å². The molecule has 0 radical (unpaired) electrons. The molecule has 0 aromatic rings. The molecule has 6 saturated heterocycles. The second-order valence-electron chi connectivity index (χ2n) is 16.6. The molecule has 0 amide bonds. The Morgan fingerprint density at radius 3 is 2.35 bits per heavy atom. The van der Waals surface area contributed by atoms with Crippen molar-refractivity contribution in [3.8, 4) is 0 Å². The molecule has 48 heavy (non-hydrogen) atoms. The fourth-order valence-electron chi connectivity index (χ4n) is 11.9. The van der Waals surface area contributed by atoms with Crippen LogP contribution in [0.3, 0.4) is 0 Å². The van der Waals surface area contributed by atoms with Gasteiger partial charge in [-0.05, 0) is 53.4 Å². The fraction of sp³-hybridized carbons (Fsp3) is 0.829. The maximum Gasteiger partial charge on any atom is 0.341 e. The average Bonchev–Trinajstić information content (AvgIpc) is 3.71. The number of epoxide rings is 2. The number of fused-ring (bicyclic) bond motifs is 2. The lowest BCUT2D eigenvalue weighted by molar-refractivity contribution is -0.276. The summed E-state index contributed by atoms with van der Waals surface area (Å²) >= 11 is 0. The van der Waals surface area contributed by atoms with Crippen LogP contribution >= 0.6 is 0 Å². The van der Waals surface area contributed by atoms with E-state index in [9.17, 15) is 24.3 Å². The maximum atomic E-state index is 13.6. The minimum atomic E-state index is -1.70. The third-order valence-corrected chi connectivity index (χ3v) is 13.9. The van der Waals surface area contributed by atoms with Gasteiger partial charge >= 0.3 is 23.9 Å². The zero-order chi connectivity index (χ0) is 34.1. The van der Waals surface area contributed by atoms with Crippen molar-refractivity contribution in [3.05, 3.63) is 11.6 Å². The summed E-state index contributed by atoms with van der Waals surface area (Å²) in [6.07, 6.45) is -2.22. The van der Waals surface area contributed by atoms with Crippen molar-refractivity contribution in [1.82, 2.24) is 0 Å². The molecule has 3 aliphatic carbocycles. The Morgan fingerprint density at radius 1 is 0.958 bits per heavy atom. The van der Waals surface area contributed by atoms with Gasteiger partial charge in [-0.2, -0.15) is 0 Å². The molecule has 16 unspecified atom stereocenters. The minimum Gasteiger partial charge on any atom is -0.459 e. The van der Waals surface area contributed by atoms with Crippen molar-refractivity contribution in [1.29, 1.82) is 0 Å². The molecule has 0 aromatic carbocycles. The van der Waals surface area contributed by atoms with Gasteiger partial charge in [-0.3, -0.25) is 9.59 Å². The first-order valence-corrected chi connectivity index (χ1v) is 17.3. The number of hydrogen-bond donors (Lipinski definition) is 1. The Labute approximate surface area is 278 Å². The Balaban J connectivity index is 1.20. The van der Waals surface area contributed by atoms with E-state index in [4.69, 9.17) is 37.9 Å². The number of esters is 4. The summed E-state index contributed by atoms with van der Waals surface area (Å²) in [5.74, 6) is -3.56. The van der Waals surface area contributed by atoms with Crippen molar-refractivity contribution in [2.45, 2.75) is 157 Å². The predicted molar refractivity (Wildman–Crippen MR) is 159 cm³/mol. The molecule has 9 rings (SSSR count). The SMILES string of the molecule is CC=C(C)C(=O)OC1CC2C(C)(C)OC3CC(=O)OC32CC2(O)CC(OC(C)=O)C34OC(C5OC(=O)C6(C)OC56)C(C)C3CC3OC34C12. The van der Waals surface area contributed by atoms with Crippen LogP contribution in [0.4, 0.5) is 0 Å². The highest BCUT2D eigenvalue weighted by Gasteiger charge is 2.92. The molecular formula is C35H44O13. The molecule has 3 saturated carbocycles. The maximum absolute atomic E-state index is 13.6. The minimum absolute atomic E-state index is 0.0182. The van der Waals surface area contributed by atoms with E-state index in [1.54, 1.807) is 26.8 Å². The monoisotopic (exact) mass is 672 g/mol. The highest BCUT2D eigenvalue weighted by molar-refractivity contribution is 5.88. The fourth-order valence-corrected chi connectivity index (χ4v) is 11.9. The van der Waals surface area contributed by atoms with E-state index in [2.05, 4.69) is 0 Å². The molecule has 1 N–H and O–H groups in total. The van der Waals surface area contributed by atoms with Gasteiger partial charge in [-0.25, -0.2) is 9.59 Å². The van der Waals surface area contributed by atoms with E-state index in [-0.39, 0.29) is 43.6 Å². The van der Waals surface area contributed by atoms with Crippen molar-refractivity contribution in [3.63, 3.8) is 0 Å². The molecule has 0 aromatic heterocycles. The number of aliphatic hydroxyl groups is 1. The van der Waals surface area contributed by atoms with Crippen molar-refractivity contribution in [2.75, 3.05) is 0 Å². The Kier molecular flexibility index (Phi) is 6.02. The van der Waals surface area contributed by atoms with E-state index >= 15 is 0 Å². The summed E-state index contributed by atoms with van der Waals surface area (Å²) in [4.78, 5) is 52.1. The Morgan fingerprint density at radius 2 is 1.71 bits per heavy atom. The third-order valence-electron chi connectivity index (χ3n) is 13.9. The van der Waals surface area contributed by atoms with Gasteiger partial charge in [0.05, 0.1) is 29.6 Å². The lowest BCUT2D eigenvalue weighted by atomic mass is 9.55. The van der Waals surface area contributed by atoms with Gasteiger partial charge in [0.15, 0.2) is 11.7 Å². The molecule has 13 heteroatoms. The van der Waals surface area contributed by atoms with Crippen LogP contribution in [0.2, 0.25) is 0 Å². The van der Waals surface area contributed by atoms with Crippen molar-refractivity contribution < 1.29 is 62.2 Å². The van der Waals surface area contributed by atoms with Gasteiger partial charge in [0.1, 0.15) is 47.3 Å². The number of hydrogen-bond acceptors (Lipinski definition) is 13. The molecule has 9 fully saturated rings. The zero-order valence-electron chi connectivity index (χ0n) is 28.3. The number of allylic oxidation sites excluding steroid dienone is 1. The second kappa shape index (κ2) is 9.20. The highest BCUT2D eigenvalue weighted by Crippen LogP contribution is 2.77. The second-order valence-corrected chi connectivity index (χ2v) is 16.6. The van der Waals surface area contributed by atoms with E-state index in [0.29, 0.717) is 12.0 Å². The first-order chi connectivity index (χ1) is 22.5. The number of carbonyl (C=O) groups excluding carboxylic acids is 4. The summed E-state index contributed by atoms with van der Waals surface area (Å²) in [7, 11) is 0. The lowest BCUT2D eigenvalue weighted by Crippen LogP contribution is -2.73. The van der Waals surface area contributed by atoms with Gasteiger partial charge < -0.3 is 43.0 Å². The summed E-state index contributed by atoms with van der Waals surface area (Å²) in [5.41, 5.74) is -6.76. The lowest BCUT2D eigenvalue weighted by Gasteiger charge is -2.56. The molecule has 0 bridgehead atoms. The summed E-state index contributed by atoms with van der Waals surface area (Å²) < 4.78 is 50.8. The highest BCUT2D eigenvalue weighted by atomic mass is 16.7. The van der Waals surface area contributed by atoms with Crippen molar-refractivity contribution >= 4 is 23.9 Å². The van der Waals surface area contributed by atoms with Crippen LogP contribution in [0.25, 0.3) is 0 Å². The quantitative estimate of drug-likeness (QED) is 0.199. The molecule has 6 heterocycles. The van der Waals surface area contributed by atoms with Gasteiger partial charge in [-0.1, -0.05) is 13.0 Å². The van der Waals surface area contributed by atoms with E-state index < -0.39 is 106 Å². The molecule has 6 aliphatic heterocycles. The third kappa shape index (κ3) is 3.55. The van der Waals surface area contributed by atoms with Crippen molar-refractivity contribution in [2.24, 2.45) is 23.7 Å². The van der Waals surface area contributed by atoms with Gasteiger partial charge in [0, 0.05) is 37.2 Å². The van der Waals surface area contributed by atoms with E-state index in [0.717, 1.165) is 0 Å². The van der Waals surface area contributed by atoms with Gasteiger partial charge in [0.2, 0.25) is 0 Å². The van der Waals surface area contributed by atoms with E-state index in [1.807, 2.05) is 20.8 Å². The molecule has 13 nitrogen and oxygen atoms in total. The molecule has 3 spiro atoms. The Bertz CT molecular complexity index is 1570. The summed E-state index contributed by atoms with van der Waals surface area (Å²) in [6, 6.07) is 0. The number of rotatable bonds is 4. The van der Waals surface area contributed by atoms with Crippen LogP contribution in [0.15, 0.2) is 11.6 Å². The largest absolute Gasteiger partial charge is 0.459 e. The van der Waals surface area contributed by atoms with Crippen LogP contribution in [0.1, 0.15) is 80.6 Å². The Hall–Kier alpha value is -2.58. The van der Waals surface area contributed by atoms with Gasteiger partial charge in [-0.15, -0.1) is 0 Å². The smallest absolute Gasteiger partial charge is 0.341 e. The first-order valence-electron chi connectivity index (χ1n) is 17.3. The number of carbonyl (C=O) groups is 4. The number of ether oxygens (including phenoxy) is 8. The van der Waals surface area contributed by atoms with Crippen LogP contribution in [-0.2, 0) is 57.1 Å². The van der Waals surface area contributed by atoms with Crippen LogP contribution in [0.5, 0.6) is 0 Å². The zero-order valence-corrected chi connectivity index (χ0v) is 28.3. The summed E-state index contributed by atoms with van der Waals surface area (Å²) in [5, 5.41) is 13.2. The first kappa shape index (κ1) is 31.4. The summed E-state index contributed by atoms with van der Waals surface area (Å²) in [6.45, 7) is 12.4. The normalized spacial score (nSPS) is 56.2. The van der Waals surface area contributed by atoms with Crippen LogP contribution < -0.4 is 0 Å². The molecule has 16 atom stereocenters. The average molecular weight is 673 g/mol. The van der Waals surface area contributed by atoms with E-state index in [1.165, 1.54) is 6.92 Å². The van der Waals surface area contributed by atoms with Crippen LogP contribution in [-0.4, -0.2) is 105 Å². The molecular weight excluding hydrogens is 628 g/mol. The van der Waals surface area contributed by atoms with Crippen LogP contribution in [0, 0.1) is 23.7 Å². The topological polar surface area (TPSA) is 169 Å². The molecule has 9 aliphatic rings. The predicted octanol–water partition coefficient (Wildman–Crippen LogP) is 1.83. The molecule has 262 valence electrons.